The Balaban J connectivity index is 2.38. The Hall–Kier alpha value is -0.450. The van der Waals surface area contributed by atoms with E-state index in [1.807, 2.05) is 0 Å². The molecule has 1 aliphatic heterocycles. The van der Waals surface area contributed by atoms with Crippen molar-refractivity contribution in [2.24, 2.45) is 0 Å². The molecule has 0 aromatic carbocycles. The number of piperidine rings is 1. The van der Waals surface area contributed by atoms with Crippen LogP contribution in [0.3, 0.4) is 0 Å². The average Bonchev–Trinajstić information content (AvgIpc) is 2.02. The summed E-state index contributed by atoms with van der Waals surface area (Å²) in [4.78, 5) is 12.3. The van der Waals surface area contributed by atoms with E-state index < -0.39 is 18.5 Å². The molecule has 1 rings (SSSR count). The van der Waals surface area contributed by atoms with Crippen molar-refractivity contribution in [3.8, 4) is 0 Å². The fourth-order valence-corrected chi connectivity index (χ4v) is 1.58. The van der Waals surface area contributed by atoms with Gasteiger partial charge in [-0.2, -0.15) is 13.2 Å². The summed E-state index contributed by atoms with van der Waals surface area (Å²) >= 11 is 5.76. The fraction of sp³-hybridized carbons (Fsp3) is 0.875. The van der Waals surface area contributed by atoms with Crippen molar-refractivity contribution in [2.75, 3.05) is 13.1 Å². The number of carbonyl (C=O) groups excluding carboxylic acids is 1. The first-order chi connectivity index (χ1) is 6.38. The lowest BCUT2D eigenvalue weighted by atomic mass is 10.1. The van der Waals surface area contributed by atoms with Crippen molar-refractivity contribution in [2.45, 2.75) is 30.8 Å². The molecule has 0 radical (unpaired) electrons. The van der Waals surface area contributed by atoms with Gasteiger partial charge in [0.25, 0.3) is 0 Å². The van der Waals surface area contributed by atoms with Gasteiger partial charge in [-0.15, -0.1) is 11.6 Å². The molecule has 14 heavy (non-hydrogen) atoms. The maximum Gasteiger partial charge on any atom is 0.397 e. The molecular weight excluding hydrogens is 219 g/mol. The van der Waals surface area contributed by atoms with Gasteiger partial charge in [0.05, 0.1) is 0 Å². The van der Waals surface area contributed by atoms with Crippen LogP contribution in [0.4, 0.5) is 13.2 Å². The highest BCUT2D eigenvalue weighted by Gasteiger charge is 2.34. The number of nitrogens with zero attached hydrogens (tertiary/aromatic N) is 1. The number of halogens is 4. The summed E-state index contributed by atoms with van der Waals surface area (Å²) in [5.41, 5.74) is 0. The molecule has 0 saturated carbocycles. The van der Waals surface area contributed by atoms with Crippen molar-refractivity contribution in [1.82, 2.24) is 4.90 Å². The molecule has 1 fully saturated rings. The summed E-state index contributed by atoms with van der Waals surface area (Å²) < 4.78 is 35.6. The van der Waals surface area contributed by atoms with Crippen LogP contribution in [0, 0.1) is 0 Å². The van der Waals surface area contributed by atoms with Gasteiger partial charge < -0.3 is 4.90 Å². The van der Waals surface area contributed by atoms with Crippen molar-refractivity contribution in [1.29, 1.82) is 0 Å². The van der Waals surface area contributed by atoms with E-state index in [1.54, 1.807) is 0 Å². The number of likely N-dealkylation sites (tertiary alicyclic amines) is 1. The molecule has 0 aromatic rings. The van der Waals surface area contributed by atoms with E-state index in [9.17, 15) is 18.0 Å². The molecule has 1 aliphatic rings. The zero-order chi connectivity index (χ0) is 10.8. The molecule has 0 aliphatic carbocycles. The third-order valence-corrected chi connectivity index (χ3v) is 2.57. The number of alkyl halides is 4. The van der Waals surface area contributed by atoms with Gasteiger partial charge in [-0.25, -0.2) is 0 Å². The van der Waals surface area contributed by atoms with Crippen LogP contribution in [0.15, 0.2) is 0 Å². The van der Waals surface area contributed by atoms with E-state index in [-0.39, 0.29) is 5.38 Å². The maximum absolute atomic E-state index is 11.9. The summed E-state index contributed by atoms with van der Waals surface area (Å²) in [6, 6.07) is 0. The molecule has 0 bridgehead atoms. The van der Waals surface area contributed by atoms with Crippen LogP contribution in [0.25, 0.3) is 0 Å². The molecule has 1 saturated heterocycles. The minimum atomic E-state index is -4.41. The minimum Gasteiger partial charge on any atom is -0.342 e. The highest BCUT2D eigenvalue weighted by Crippen LogP contribution is 2.23. The smallest absolute Gasteiger partial charge is 0.342 e. The molecule has 0 spiro atoms. The normalized spacial score (nSPS) is 19.9. The van der Waals surface area contributed by atoms with E-state index in [0.29, 0.717) is 25.9 Å². The molecule has 2 nitrogen and oxygen atoms in total. The predicted octanol–water partition coefficient (Wildman–Crippen LogP) is 2.17. The molecule has 0 atom stereocenters. The summed E-state index contributed by atoms with van der Waals surface area (Å²) in [6.07, 6.45) is -4.62. The summed E-state index contributed by atoms with van der Waals surface area (Å²) in [6.45, 7) is 0.673. The highest BCUT2D eigenvalue weighted by atomic mass is 35.5. The van der Waals surface area contributed by atoms with E-state index in [2.05, 4.69) is 0 Å². The Kier molecular flexibility index (Phi) is 3.64. The van der Waals surface area contributed by atoms with Crippen LogP contribution in [0.5, 0.6) is 0 Å². The van der Waals surface area contributed by atoms with E-state index in [4.69, 9.17) is 11.6 Å². The summed E-state index contributed by atoms with van der Waals surface area (Å²) in [5, 5.41) is -0.00932. The van der Waals surface area contributed by atoms with Gasteiger partial charge in [0, 0.05) is 18.5 Å². The van der Waals surface area contributed by atoms with Gasteiger partial charge in [-0.05, 0) is 12.8 Å². The van der Waals surface area contributed by atoms with Gasteiger partial charge in [-0.3, -0.25) is 4.79 Å². The van der Waals surface area contributed by atoms with Crippen LogP contribution in [-0.4, -0.2) is 35.4 Å². The van der Waals surface area contributed by atoms with Crippen LogP contribution < -0.4 is 0 Å². The van der Waals surface area contributed by atoms with Crippen LogP contribution in [-0.2, 0) is 4.79 Å². The number of rotatable bonds is 1. The Morgan fingerprint density at radius 1 is 1.36 bits per heavy atom. The maximum atomic E-state index is 11.9. The zero-order valence-electron chi connectivity index (χ0n) is 7.48. The lowest BCUT2D eigenvalue weighted by molar-refractivity contribution is -0.161. The van der Waals surface area contributed by atoms with Crippen LogP contribution in [0.1, 0.15) is 19.3 Å². The first-order valence-electron chi connectivity index (χ1n) is 4.37. The third-order valence-electron chi connectivity index (χ3n) is 2.13. The second-order valence-corrected chi connectivity index (χ2v) is 3.96. The third kappa shape index (κ3) is 3.74. The molecule has 1 heterocycles. The SMILES string of the molecule is O=C(CC(F)(F)F)N1CCC(Cl)CC1. The van der Waals surface area contributed by atoms with E-state index >= 15 is 0 Å². The number of carbonyl (C=O) groups is 1. The predicted molar refractivity (Wildman–Crippen MR) is 46.1 cm³/mol. The largest absolute Gasteiger partial charge is 0.397 e. The quantitative estimate of drug-likeness (QED) is 0.631. The van der Waals surface area contributed by atoms with Gasteiger partial charge in [0.15, 0.2) is 0 Å². The average molecular weight is 230 g/mol. The van der Waals surface area contributed by atoms with Crippen molar-refractivity contribution < 1.29 is 18.0 Å². The first-order valence-corrected chi connectivity index (χ1v) is 4.81. The van der Waals surface area contributed by atoms with Crippen molar-refractivity contribution in [3.05, 3.63) is 0 Å². The topological polar surface area (TPSA) is 20.3 Å². The second-order valence-electron chi connectivity index (χ2n) is 3.35. The molecule has 82 valence electrons. The zero-order valence-corrected chi connectivity index (χ0v) is 8.24. The number of amides is 1. The van der Waals surface area contributed by atoms with Gasteiger partial charge in [0.1, 0.15) is 6.42 Å². The molecule has 6 heteroatoms. The molecule has 0 aromatic heterocycles. The van der Waals surface area contributed by atoms with Crippen molar-refractivity contribution in [3.63, 3.8) is 0 Å². The standard InChI is InChI=1S/C8H11ClF3NO/c9-6-1-3-13(4-2-6)7(14)5-8(10,11)12/h6H,1-5H2. The fourth-order valence-electron chi connectivity index (χ4n) is 1.38. The summed E-state index contributed by atoms with van der Waals surface area (Å²) in [5.74, 6) is -0.846. The van der Waals surface area contributed by atoms with Crippen LogP contribution in [0.2, 0.25) is 0 Å². The minimum absolute atomic E-state index is 0.00932. The molecular formula is C8H11ClF3NO. The van der Waals surface area contributed by atoms with E-state index in [0.717, 1.165) is 0 Å². The second kappa shape index (κ2) is 4.38. The summed E-state index contributed by atoms with van der Waals surface area (Å²) in [7, 11) is 0. The molecule has 0 N–H and O–H groups in total. The number of hydrogen-bond acceptors (Lipinski definition) is 1. The Morgan fingerprint density at radius 2 is 1.86 bits per heavy atom. The van der Waals surface area contributed by atoms with Crippen molar-refractivity contribution >= 4 is 17.5 Å². The first kappa shape index (κ1) is 11.6. The molecule has 0 unspecified atom stereocenters. The Morgan fingerprint density at radius 3 is 2.29 bits per heavy atom. The Labute approximate surface area is 85.0 Å². The van der Waals surface area contributed by atoms with Gasteiger partial charge in [0.2, 0.25) is 5.91 Å². The monoisotopic (exact) mass is 229 g/mol. The highest BCUT2D eigenvalue weighted by molar-refractivity contribution is 6.20. The number of hydrogen-bond donors (Lipinski definition) is 0. The lowest BCUT2D eigenvalue weighted by Crippen LogP contribution is -2.40. The van der Waals surface area contributed by atoms with Gasteiger partial charge >= 0.3 is 6.18 Å². The van der Waals surface area contributed by atoms with Crippen LogP contribution >= 0.6 is 11.6 Å². The lowest BCUT2D eigenvalue weighted by Gasteiger charge is -2.29. The Bertz CT molecular complexity index is 211. The molecule has 1 amide bonds. The van der Waals surface area contributed by atoms with Gasteiger partial charge in [-0.1, -0.05) is 0 Å². The van der Waals surface area contributed by atoms with E-state index in [1.165, 1.54) is 4.90 Å².